The van der Waals surface area contributed by atoms with Crippen molar-refractivity contribution in [2.45, 2.75) is 12.5 Å². The first kappa shape index (κ1) is 13.5. The van der Waals surface area contributed by atoms with Gasteiger partial charge in [-0.15, -0.1) is 0 Å². The summed E-state index contributed by atoms with van der Waals surface area (Å²) in [4.78, 5) is 4.18. The van der Waals surface area contributed by atoms with Gasteiger partial charge in [0.1, 0.15) is 23.9 Å². The minimum Gasteiger partial charge on any atom is -0.494 e. The fourth-order valence-electron chi connectivity index (χ4n) is 2.03. The van der Waals surface area contributed by atoms with Gasteiger partial charge in [0.2, 0.25) is 0 Å². The quantitative estimate of drug-likeness (QED) is 0.812. The van der Waals surface area contributed by atoms with Gasteiger partial charge in [-0.3, -0.25) is 4.99 Å². The fourth-order valence-corrected chi connectivity index (χ4v) is 2.03. The minimum absolute atomic E-state index is 0.227. The second-order valence-electron chi connectivity index (χ2n) is 4.77. The van der Waals surface area contributed by atoms with Gasteiger partial charge in [-0.2, -0.15) is 0 Å². The van der Waals surface area contributed by atoms with Crippen molar-refractivity contribution in [3.05, 3.63) is 54.6 Å². The van der Waals surface area contributed by atoms with Gasteiger partial charge in [-0.25, -0.2) is 0 Å². The number of benzene rings is 2. The van der Waals surface area contributed by atoms with Crippen LogP contribution in [0, 0.1) is 0 Å². The van der Waals surface area contributed by atoms with Gasteiger partial charge >= 0.3 is 0 Å². The first-order chi connectivity index (χ1) is 10.4. The predicted molar refractivity (Wildman–Crippen MR) is 81.3 cm³/mol. The van der Waals surface area contributed by atoms with Crippen molar-refractivity contribution in [2.24, 2.45) is 4.99 Å². The number of ether oxygens (including phenoxy) is 3. The summed E-state index contributed by atoms with van der Waals surface area (Å²) < 4.78 is 16.5. The van der Waals surface area contributed by atoms with Crippen LogP contribution in [-0.4, -0.2) is 25.7 Å². The summed E-state index contributed by atoms with van der Waals surface area (Å²) in [5.41, 5.74) is 0. The van der Waals surface area contributed by atoms with Gasteiger partial charge in [0.05, 0.1) is 12.6 Å². The Labute approximate surface area is 124 Å². The second kappa shape index (κ2) is 6.79. The molecule has 0 N–H and O–H groups in total. The second-order valence-corrected chi connectivity index (χ2v) is 4.77. The molecular weight excluding hydrogens is 266 g/mol. The zero-order valence-corrected chi connectivity index (χ0v) is 11.6. The van der Waals surface area contributed by atoms with Gasteiger partial charge in [0.25, 0.3) is 0 Å². The number of para-hydroxylation sites is 1. The van der Waals surface area contributed by atoms with E-state index >= 15 is 0 Å². The Bertz CT molecular complexity index is 581. The Morgan fingerprint density at radius 2 is 1.67 bits per heavy atom. The molecule has 0 bridgehead atoms. The van der Waals surface area contributed by atoms with Crippen LogP contribution in [-0.2, 0) is 4.74 Å². The smallest absolute Gasteiger partial charge is 0.169 e. The van der Waals surface area contributed by atoms with E-state index in [1.54, 1.807) is 0 Å². The Balaban J connectivity index is 1.48. The van der Waals surface area contributed by atoms with Crippen molar-refractivity contribution in [1.29, 1.82) is 0 Å². The summed E-state index contributed by atoms with van der Waals surface area (Å²) in [6.07, 6.45) is 2.37. The van der Waals surface area contributed by atoms with E-state index in [9.17, 15) is 0 Å². The molecule has 0 unspecified atom stereocenters. The average molecular weight is 283 g/mol. The Hall–Kier alpha value is -2.49. The largest absolute Gasteiger partial charge is 0.494 e. The summed E-state index contributed by atoms with van der Waals surface area (Å²) >= 11 is 0. The number of hydrogen-bond donors (Lipinski definition) is 0. The first-order valence-electron chi connectivity index (χ1n) is 6.99. The maximum absolute atomic E-state index is 5.73. The van der Waals surface area contributed by atoms with Gasteiger partial charge < -0.3 is 14.2 Å². The number of aliphatic imine (C=N–C) groups is 1. The van der Waals surface area contributed by atoms with E-state index in [0.29, 0.717) is 13.2 Å². The zero-order valence-electron chi connectivity index (χ0n) is 11.6. The third-order valence-corrected chi connectivity index (χ3v) is 3.16. The summed E-state index contributed by atoms with van der Waals surface area (Å²) in [6, 6.07) is 17.6. The molecule has 1 aliphatic rings. The molecule has 2 aromatic carbocycles. The topological polar surface area (TPSA) is 40.0 Å². The van der Waals surface area contributed by atoms with Crippen LogP contribution in [0.4, 0.5) is 0 Å². The predicted octanol–water partition coefficient (Wildman–Crippen LogP) is 3.67. The molecule has 4 heteroatoms. The van der Waals surface area contributed by atoms with Crippen molar-refractivity contribution in [2.75, 3.05) is 13.2 Å². The lowest BCUT2D eigenvalue weighted by Crippen LogP contribution is -2.11. The van der Waals surface area contributed by atoms with Crippen molar-refractivity contribution in [1.82, 2.24) is 0 Å². The summed E-state index contributed by atoms with van der Waals surface area (Å²) in [5.74, 6) is 2.45. The standard InChI is InChI=1S/C17H17NO3/c1-2-4-16(5-3-1)21-17-8-6-15(7-9-17)20-11-10-14-12-19-13-18-14/h1-9,13-14H,10-12H2/t14-/m0/s1. The van der Waals surface area contributed by atoms with Gasteiger partial charge in [0, 0.05) is 6.42 Å². The van der Waals surface area contributed by atoms with E-state index in [-0.39, 0.29) is 6.04 Å². The van der Waals surface area contributed by atoms with Crippen molar-refractivity contribution in [3.63, 3.8) is 0 Å². The fraction of sp³-hybridized carbons (Fsp3) is 0.235. The molecule has 0 saturated heterocycles. The van der Waals surface area contributed by atoms with Crippen LogP contribution in [0.3, 0.4) is 0 Å². The lowest BCUT2D eigenvalue weighted by molar-refractivity contribution is 0.268. The van der Waals surface area contributed by atoms with Crippen LogP contribution in [0.2, 0.25) is 0 Å². The van der Waals surface area contributed by atoms with E-state index in [0.717, 1.165) is 23.7 Å². The van der Waals surface area contributed by atoms with E-state index in [4.69, 9.17) is 14.2 Å². The van der Waals surface area contributed by atoms with E-state index < -0.39 is 0 Å². The molecule has 2 aromatic rings. The van der Waals surface area contributed by atoms with Crippen LogP contribution in [0.15, 0.2) is 59.6 Å². The molecule has 108 valence electrons. The molecule has 1 aliphatic heterocycles. The zero-order chi connectivity index (χ0) is 14.3. The monoisotopic (exact) mass is 283 g/mol. The van der Waals surface area contributed by atoms with Crippen molar-refractivity contribution < 1.29 is 14.2 Å². The molecule has 0 saturated carbocycles. The van der Waals surface area contributed by atoms with Crippen LogP contribution in [0.5, 0.6) is 17.2 Å². The van der Waals surface area contributed by atoms with E-state index in [1.807, 2.05) is 54.6 Å². The highest BCUT2D eigenvalue weighted by molar-refractivity contribution is 5.48. The van der Waals surface area contributed by atoms with Gasteiger partial charge in [-0.1, -0.05) is 18.2 Å². The maximum atomic E-state index is 5.73. The lowest BCUT2D eigenvalue weighted by Gasteiger charge is -2.09. The summed E-state index contributed by atoms with van der Waals surface area (Å²) in [6.45, 7) is 1.29. The Morgan fingerprint density at radius 1 is 0.952 bits per heavy atom. The van der Waals surface area contributed by atoms with Crippen LogP contribution < -0.4 is 9.47 Å². The van der Waals surface area contributed by atoms with Crippen molar-refractivity contribution >= 4 is 6.40 Å². The molecule has 0 aromatic heterocycles. The molecule has 0 spiro atoms. The van der Waals surface area contributed by atoms with Crippen LogP contribution in [0.25, 0.3) is 0 Å². The highest BCUT2D eigenvalue weighted by Gasteiger charge is 2.11. The van der Waals surface area contributed by atoms with Crippen LogP contribution >= 0.6 is 0 Å². The maximum Gasteiger partial charge on any atom is 0.169 e. The third-order valence-electron chi connectivity index (χ3n) is 3.16. The molecular formula is C17H17NO3. The van der Waals surface area contributed by atoms with Gasteiger partial charge in [0.15, 0.2) is 6.40 Å². The van der Waals surface area contributed by atoms with Gasteiger partial charge in [-0.05, 0) is 36.4 Å². The molecule has 0 radical (unpaired) electrons. The average Bonchev–Trinajstić information content (AvgIpc) is 3.03. The molecule has 21 heavy (non-hydrogen) atoms. The molecule has 3 rings (SSSR count). The van der Waals surface area contributed by atoms with E-state index in [2.05, 4.69) is 4.99 Å². The van der Waals surface area contributed by atoms with E-state index in [1.165, 1.54) is 6.40 Å². The normalized spacial score (nSPS) is 16.5. The highest BCUT2D eigenvalue weighted by Crippen LogP contribution is 2.23. The SMILES string of the molecule is C1=N[C@@H](CCOc2ccc(Oc3ccccc3)cc2)CO1. The van der Waals surface area contributed by atoms with Crippen molar-refractivity contribution in [3.8, 4) is 17.2 Å². The number of hydrogen-bond acceptors (Lipinski definition) is 4. The molecule has 0 amide bonds. The number of nitrogens with zero attached hydrogens (tertiary/aromatic N) is 1. The first-order valence-corrected chi connectivity index (χ1v) is 6.99. The summed E-state index contributed by atoms with van der Waals surface area (Å²) in [7, 11) is 0. The lowest BCUT2D eigenvalue weighted by atomic mass is 10.2. The molecule has 4 nitrogen and oxygen atoms in total. The number of rotatable bonds is 6. The van der Waals surface area contributed by atoms with Crippen LogP contribution in [0.1, 0.15) is 6.42 Å². The minimum atomic E-state index is 0.227. The molecule has 0 fully saturated rings. The highest BCUT2D eigenvalue weighted by atomic mass is 16.5. The third kappa shape index (κ3) is 3.99. The molecule has 1 atom stereocenters. The Morgan fingerprint density at radius 3 is 2.38 bits per heavy atom. The summed E-state index contributed by atoms with van der Waals surface area (Å²) in [5, 5.41) is 0. The Kier molecular flexibility index (Phi) is 4.36. The molecule has 1 heterocycles. The molecule has 0 aliphatic carbocycles.